The number of nitriles is 1. The number of aromatic nitrogens is 2. The first kappa shape index (κ1) is 26.1. The van der Waals surface area contributed by atoms with Gasteiger partial charge in [-0.15, -0.1) is 4.98 Å². The van der Waals surface area contributed by atoms with Crippen molar-refractivity contribution in [3.63, 3.8) is 0 Å². The third-order valence-corrected chi connectivity index (χ3v) is 8.29. The van der Waals surface area contributed by atoms with Crippen molar-refractivity contribution in [1.29, 1.82) is 5.26 Å². The second kappa shape index (κ2) is 10.6. The topological polar surface area (TPSA) is 67.1 Å². The lowest BCUT2D eigenvalue weighted by Crippen LogP contribution is -1.85. The summed E-state index contributed by atoms with van der Waals surface area (Å²) in [6.07, 6.45) is 3.34. The normalized spacial score (nSPS) is 11.1. The third kappa shape index (κ3) is 4.57. The van der Waals surface area contributed by atoms with E-state index in [-0.39, 0.29) is 0 Å². The summed E-state index contributed by atoms with van der Waals surface area (Å²) >= 11 is 0. The Balaban J connectivity index is 1.19. The van der Waals surface area contributed by atoms with Gasteiger partial charge in [-0.05, 0) is 97.7 Å². The average molecular weight is 575 g/mol. The second-order valence-electron chi connectivity index (χ2n) is 10.9. The number of pyridine rings is 2. The van der Waals surface area contributed by atoms with Crippen molar-refractivity contribution in [3.05, 3.63) is 151 Å². The Hall–Kier alpha value is -6.56. The molecule has 0 aliphatic carbocycles. The van der Waals surface area contributed by atoms with Crippen molar-refractivity contribution in [3.8, 4) is 50.6 Å². The van der Waals surface area contributed by atoms with E-state index < -0.39 is 0 Å². The Labute approximate surface area is 259 Å². The van der Waals surface area contributed by atoms with Crippen LogP contribution in [0.3, 0.4) is 0 Å². The van der Waals surface area contributed by atoms with Crippen LogP contribution in [0.2, 0.25) is 0 Å². The number of nitrogens with zero attached hydrogens (tertiary/aromatic N) is 4. The smallest absolute Gasteiger partial charge is 0.270 e. The van der Waals surface area contributed by atoms with Crippen LogP contribution in [-0.2, 0) is 0 Å². The molecule has 0 saturated carbocycles. The maximum absolute atomic E-state index is 9.21. The van der Waals surface area contributed by atoms with E-state index in [2.05, 4.69) is 118 Å². The molecule has 0 aliphatic heterocycles. The molecule has 45 heavy (non-hydrogen) atoms. The molecule has 5 nitrogen and oxygen atoms in total. The zero-order valence-corrected chi connectivity index (χ0v) is 23.9. The van der Waals surface area contributed by atoms with E-state index in [0.29, 0.717) is 11.5 Å². The maximum Gasteiger partial charge on any atom is 0.270 e. The zero-order valence-electron chi connectivity index (χ0n) is 23.9. The quantitative estimate of drug-likeness (QED) is 0.196. The van der Waals surface area contributed by atoms with Crippen molar-refractivity contribution in [1.82, 2.24) is 9.97 Å². The summed E-state index contributed by atoms with van der Waals surface area (Å²) in [7, 11) is 0. The lowest BCUT2D eigenvalue weighted by atomic mass is 9.93. The van der Waals surface area contributed by atoms with Gasteiger partial charge in [0.25, 0.3) is 5.82 Å². The SMILES string of the molecule is [C-]#[N+]c1cc(-c2ccc(-c3cc4oc5cc(-c6ccc(-c7ccnc(C#N)c7)cc6)ccc5c4c4ccccc34)cc2)ccn1. The van der Waals surface area contributed by atoms with E-state index >= 15 is 0 Å². The Morgan fingerprint density at radius 3 is 1.84 bits per heavy atom. The van der Waals surface area contributed by atoms with Gasteiger partial charge in [0.1, 0.15) is 29.1 Å². The number of benzene rings is 5. The minimum absolute atomic E-state index is 0.387. The van der Waals surface area contributed by atoms with Crippen molar-refractivity contribution in [2.45, 2.75) is 0 Å². The van der Waals surface area contributed by atoms with Crippen LogP contribution in [0.25, 0.3) is 82.1 Å². The minimum atomic E-state index is 0.387. The van der Waals surface area contributed by atoms with E-state index in [0.717, 1.165) is 77.2 Å². The van der Waals surface area contributed by atoms with E-state index in [9.17, 15) is 5.26 Å². The van der Waals surface area contributed by atoms with Crippen LogP contribution in [0, 0.1) is 17.9 Å². The molecule has 0 atom stereocenters. The molecule has 0 saturated heterocycles. The number of furan rings is 1. The van der Waals surface area contributed by atoms with Gasteiger partial charge in [-0.25, -0.2) is 4.98 Å². The van der Waals surface area contributed by atoms with E-state index in [1.165, 1.54) is 0 Å². The van der Waals surface area contributed by atoms with Crippen molar-refractivity contribution < 1.29 is 4.42 Å². The van der Waals surface area contributed by atoms with Crippen LogP contribution in [0.4, 0.5) is 5.82 Å². The fourth-order valence-corrected chi connectivity index (χ4v) is 6.09. The summed E-state index contributed by atoms with van der Waals surface area (Å²) < 4.78 is 6.55. The van der Waals surface area contributed by atoms with Gasteiger partial charge >= 0.3 is 0 Å². The molecule has 3 heterocycles. The highest BCUT2D eigenvalue weighted by molar-refractivity contribution is 6.22. The fraction of sp³-hybridized carbons (Fsp3) is 0. The second-order valence-corrected chi connectivity index (χ2v) is 10.9. The monoisotopic (exact) mass is 574 g/mol. The molecule has 0 radical (unpaired) electrons. The molecule has 8 rings (SSSR count). The summed E-state index contributed by atoms with van der Waals surface area (Å²) in [4.78, 5) is 11.6. The van der Waals surface area contributed by atoms with Crippen LogP contribution < -0.4 is 0 Å². The van der Waals surface area contributed by atoms with E-state index in [1.807, 2.05) is 18.2 Å². The van der Waals surface area contributed by atoms with Gasteiger partial charge < -0.3 is 9.26 Å². The number of fused-ring (bicyclic) bond motifs is 5. The molecule has 0 spiro atoms. The van der Waals surface area contributed by atoms with Gasteiger partial charge in [-0.3, -0.25) is 0 Å². The molecule has 0 amide bonds. The molecule has 0 bridgehead atoms. The summed E-state index contributed by atoms with van der Waals surface area (Å²) in [6, 6.07) is 43.3. The molecule has 8 aromatic rings. The van der Waals surface area contributed by atoms with Gasteiger partial charge in [0.05, 0.1) is 0 Å². The number of hydrogen-bond donors (Lipinski definition) is 0. The minimum Gasteiger partial charge on any atom is -0.456 e. The van der Waals surface area contributed by atoms with Crippen molar-refractivity contribution in [2.24, 2.45) is 0 Å². The van der Waals surface area contributed by atoms with Gasteiger partial charge in [-0.2, -0.15) is 5.26 Å². The maximum atomic E-state index is 9.21. The Kier molecular flexibility index (Phi) is 6.16. The van der Waals surface area contributed by atoms with Crippen molar-refractivity contribution >= 4 is 38.5 Å². The van der Waals surface area contributed by atoms with Gasteiger partial charge in [-0.1, -0.05) is 85.4 Å². The fourth-order valence-electron chi connectivity index (χ4n) is 6.09. The third-order valence-electron chi connectivity index (χ3n) is 8.29. The summed E-state index contributed by atoms with van der Waals surface area (Å²) in [5.74, 6) is 0.387. The van der Waals surface area contributed by atoms with Crippen molar-refractivity contribution in [2.75, 3.05) is 0 Å². The highest BCUT2D eigenvalue weighted by Gasteiger charge is 2.16. The highest BCUT2D eigenvalue weighted by Crippen LogP contribution is 2.41. The molecule has 0 aliphatic rings. The predicted octanol–water partition coefficient (Wildman–Crippen LogP) is 10.6. The molecular weight excluding hydrogens is 552 g/mol. The molecule has 0 fully saturated rings. The summed E-state index contributed by atoms with van der Waals surface area (Å²) in [6.45, 7) is 7.28. The lowest BCUT2D eigenvalue weighted by Gasteiger charge is -2.10. The average Bonchev–Trinajstić information content (AvgIpc) is 3.49. The first-order valence-electron chi connectivity index (χ1n) is 14.5. The Morgan fingerprint density at radius 2 is 1.16 bits per heavy atom. The Morgan fingerprint density at radius 1 is 0.556 bits per heavy atom. The molecule has 0 unspecified atom stereocenters. The van der Waals surface area contributed by atoms with Gasteiger partial charge in [0, 0.05) is 17.0 Å². The standard InChI is InChI=1S/C40H22N4O/c1-42-39-22-31(17-19-44-39)27-10-12-28(13-11-27)36-23-38-40(34-5-3-2-4-33(34)36)35-15-14-29(21-37(35)45-38)25-6-8-26(9-7-25)30-16-18-43-32(20-30)24-41/h2-23H. The van der Waals surface area contributed by atoms with Gasteiger partial charge in [0.2, 0.25) is 0 Å². The first-order chi connectivity index (χ1) is 22.2. The molecule has 3 aromatic heterocycles. The van der Waals surface area contributed by atoms with Gasteiger partial charge in [0.15, 0.2) is 0 Å². The van der Waals surface area contributed by atoms with E-state index in [4.69, 9.17) is 11.0 Å². The lowest BCUT2D eigenvalue weighted by molar-refractivity contribution is 0.669. The largest absolute Gasteiger partial charge is 0.456 e. The first-order valence-corrected chi connectivity index (χ1v) is 14.5. The van der Waals surface area contributed by atoms with Crippen LogP contribution in [-0.4, -0.2) is 9.97 Å². The molecule has 5 heteroatoms. The highest BCUT2D eigenvalue weighted by atomic mass is 16.3. The Bertz CT molecular complexity index is 2500. The number of hydrogen-bond acceptors (Lipinski definition) is 4. The van der Waals surface area contributed by atoms with Crippen LogP contribution >= 0.6 is 0 Å². The number of rotatable bonds is 4. The van der Waals surface area contributed by atoms with Crippen LogP contribution in [0.1, 0.15) is 5.69 Å². The predicted molar refractivity (Wildman–Crippen MR) is 180 cm³/mol. The molecule has 208 valence electrons. The van der Waals surface area contributed by atoms with E-state index in [1.54, 1.807) is 18.5 Å². The molecule has 0 N–H and O–H groups in total. The van der Waals surface area contributed by atoms with Crippen LogP contribution in [0.5, 0.6) is 0 Å². The summed E-state index contributed by atoms with van der Waals surface area (Å²) in [5.41, 5.74) is 10.4. The molecular formula is C40H22N4O. The zero-order chi connectivity index (χ0) is 30.3. The summed E-state index contributed by atoms with van der Waals surface area (Å²) in [5, 5.41) is 13.7. The van der Waals surface area contributed by atoms with Crippen LogP contribution in [0.15, 0.2) is 138 Å². The molecule has 5 aromatic carbocycles.